The molecule has 1 heterocycles. The summed E-state index contributed by atoms with van der Waals surface area (Å²) in [6.07, 6.45) is 1.00. The molecule has 0 saturated heterocycles. The summed E-state index contributed by atoms with van der Waals surface area (Å²) in [5.74, 6) is 0. The van der Waals surface area contributed by atoms with Crippen LogP contribution in [-0.2, 0) is 16.6 Å². The summed E-state index contributed by atoms with van der Waals surface area (Å²) in [6, 6.07) is 0. The van der Waals surface area contributed by atoms with E-state index in [1.807, 2.05) is 25.9 Å². The zero-order valence-electron chi connectivity index (χ0n) is 13.6. The highest BCUT2D eigenvalue weighted by molar-refractivity contribution is 7.89. The van der Waals surface area contributed by atoms with E-state index in [0.29, 0.717) is 19.6 Å². The van der Waals surface area contributed by atoms with E-state index in [1.165, 1.54) is 4.31 Å². The van der Waals surface area contributed by atoms with Crippen molar-refractivity contribution in [3.8, 4) is 0 Å². The number of hydrogen-bond donors (Lipinski definition) is 2. The molecule has 0 aromatic carbocycles. The first-order valence-corrected chi connectivity index (χ1v) is 8.60. The molecular formula is C13H27N5O2S. The monoisotopic (exact) mass is 317 g/mol. The third kappa shape index (κ3) is 4.77. The maximum Gasteiger partial charge on any atom is 0.262 e. The Hall–Kier alpha value is -0.960. The molecule has 0 radical (unpaired) electrons. The highest BCUT2D eigenvalue weighted by atomic mass is 32.2. The number of likely N-dealkylation sites (N-methyl/N-ethyl adjacent to an activating group) is 2. The lowest BCUT2D eigenvalue weighted by molar-refractivity contribution is 0.357. The van der Waals surface area contributed by atoms with E-state index in [1.54, 1.807) is 7.05 Å². The van der Waals surface area contributed by atoms with Crippen LogP contribution in [0.1, 0.15) is 24.6 Å². The van der Waals surface area contributed by atoms with Crippen molar-refractivity contribution in [3.05, 3.63) is 11.3 Å². The predicted octanol–water partition coefficient (Wildman–Crippen LogP) is 0.400. The number of nitrogens with one attached hydrogen (secondary N) is 2. The predicted molar refractivity (Wildman–Crippen MR) is 83.7 cm³/mol. The molecule has 1 aromatic heterocycles. The van der Waals surface area contributed by atoms with Crippen molar-refractivity contribution in [3.63, 3.8) is 0 Å². The molecular weight excluding hydrogens is 290 g/mol. The summed E-state index contributed by atoms with van der Waals surface area (Å²) in [5, 5.41) is 10.1. The Balaban J connectivity index is 2.92. The fourth-order valence-corrected chi connectivity index (χ4v) is 3.17. The quantitative estimate of drug-likeness (QED) is 0.644. The molecule has 2 N–H and O–H groups in total. The Labute approximate surface area is 127 Å². The van der Waals surface area contributed by atoms with Gasteiger partial charge in [-0.15, -0.1) is 0 Å². The van der Waals surface area contributed by atoms with E-state index in [0.717, 1.165) is 24.2 Å². The van der Waals surface area contributed by atoms with Gasteiger partial charge in [0.2, 0.25) is 0 Å². The number of hydrogen-bond acceptors (Lipinski definition) is 5. The SMILES string of the molecule is CCCNCc1c(S(=O)(=O)N(C)CCN(C)C)n[nH]c1C. The Bertz CT molecular complexity index is 539. The average Bonchev–Trinajstić information content (AvgIpc) is 2.78. The molecule has 0 spiro atoms. The van der Waals surface area contributed by atoms with Crippen LogP contribution in [0.3, 0.4) is 0 Å². The molecule has 1 aromatic rings. The number of aromatic nitrogens is 2. The van der Waals surface area contributed by atoms with Gasteiger partial charge in [0.25, 0.3) is 10.0 Å². The third-order valence-corrected chi connectivity index (χ3v) is 5.11. The summed E-state index contributed by atoms with van der Waals surface area (Å²) < 4.78 is 26.6. The van der Waals surface area contributed by atoms with Crippen molar-refractivity contribution in [2.75, 3.05) is 40.8 Å². The van der Waals surface area contributed by atoms with Gasteiger partial charge in [-0.05, 0) is 34.0 Å². The number of sulfonamides is 1. The van der Waals surface area contributed by atoms with E-state index in [-0.39, 0.29) is 5.03 Å². The van der Waals surface area contributed by atoms with Crippen molar-refractivity contribution in [1.29, 1.82) is 0 Å². The maximum absolute atomic E-state index is 12.6. The number of aryl methyl sites for hydroxylation is 1. The van der Waals surface area contributed by atoms with Crippen LogP contribution in [-0.4, -0.2) is 68.6 Å². The lowest BCUT2D eigenvalue weighted by atomic mass is 10.2. The van der Waals surface area contributed by atoms with E-state index in [2.05, 4.69) is 22.4 Å². The summed E-state index contributed by atoms with van der Waals surface area (Å²) >= 11 is 0. The van der Waals surface area contributed by atoms with E-state index < -0.39 is 10.0 Å². The van der Waals surface area contributed by atoms with Gasteiger partial charge >= 0.3 is 0 Å². The molecule has 0 atom stereocenters. The fourth-order valence-electron chi connectivity index (χ4n) is 1.85. The molecule has 0 bridgehead atoms. The minimum absolute atomic E-state index is 0.129. The smallest absolute Gasteiger partial charge is 0.262 e. The number of rotatable bonds is 9. The Morgan fingerprint density at radius 3 is 2.48 bits per heavy atom. The van der Waals surface area contributed by atoms with Crippen molar-refractivity contribution in [2.24, 2.45) is 0 Å². The van der Waals surface area contributed by atoms with Gasteiger partial charge in [-0.1, -0.05) is 6.92 Å². The molecule has 0 unspecified atom stereocenters. The van der Waals surface area contributed by atoms with Gasteiger partial charge in [0.15, 0.2) is 5.03 Å². The fraction of sp³-hybridized carbons (Fsp3) is 0.769. The first-order chi connectivity index (χ1) is 9.80. The minimum atomic E-state index is -3.56. The van der Waals surface area contributed by atoms with Crippen LogP contribution in [0.25, 0.3) is 0 Å². The second-order valence-electron chi connectivity index (χ2n) is 5.44. The summed E-state index contributed by atoms with van der Waals surface area (Å²) in [4.78, 5) is 1.95. The summed E-state index contributed by atoms with van der Waals surface area (Å²) in [6.45, 7) is 6.37. The molecule has 0 fully saturated rings. The molecule has 7 nitrogen and oxygen atoms in total. The van der Waals surface area contributed by atoms with Crippen LogP contribution in [0.5, 0.6) is 0 Å². The molecule has 0 aliphatic heterocycles. The van der Waals surface area contributed by atoms with Gasteiger partial charge in [0.1, 0.15) is 0 Å². The van der Waals surface area contributed by atoms with Crippen molar-refractivity contribution in [2.45, 2.75) is 31.8 Å². The normalized spacial score (nSPS) is 12.5. The second-order valence-corrected chi connectivity index (χ2v) is 7.40. The van der Waals surface area contributed by atoms with E-state index in [9.17, 15) is 8.42 Å². The minimum Gasteiger partial charge on any atom is -0.313 e. The molecule has 21 heavy (non-hydrogen) atoms. The van der Waals surface area contributed by atoms with Crippen LogP contribution in [0.2, 0.25) is 0 Å². The zero-order valence-corrected chi connectivity index (χ0v) is 14.4. The second kappa shape index (κ2) is 7.88. The lowest BCUT2D eigenvalue weighted by Gasteiger charge is -2.19. The number of nitrogens with zero attached hydrogens (tertiary/aromatic N) is 3. The van der Waals surface area contributed by atoms with Crippen LogP contribution >= 0.6 is 0 Å². The summed E-state index contributed by atoms with van der Waals surface area (Å²) in [7, 11) is 1.86. The standard InChI is InChI=1S/C13H27N5O2S/c1-6-7-14-10-12-11(2)15-16-13(12)21(19,20)18(5)9-8-17(3)4/h14H,6-10H2,1-5H3,(H,15,16). The Kier molecular flexibility index (Phi) is 6.79. The number of H-pyrrole nitrogens is 1. The molecule has 8 heteroatoms. The zero-order chi connectivity index (χ0) is 16.0. The molecule has 0 saturated carbocycles. The van der Waals surface area contributed by atoms with Crippen molar-refractivity contribution in [1.82, 2.24) is 24.7 Å². The number of aromatic amines is 1. The first-order valence-electron chi connectivity index (χ1n) is 7.16. The Morgan fingerprint density at radius 1 is 1.24 bits per heavy atom. The van der Waals surface area contributed by atoms with Gasteiger partial charge < -0.3 is 10.2 Å². The third-order valence-electron chi connectivity index (χ3n) is 3.28. The maximum atomic E-state index is 12.6. The molecule has 122 valence electrons. The molecule has 0 amide bonds. The van der Waals surface area contributed by atoms with Crippen LogP contribution in [0, 0.1) is 6.92 Å². The average molecular weight is 317 g/mol. The van der Waals surface area contributed by atoms with Crippen LogP contribution in [0.4, 0.5) is 0 Å². The largest absolute Gasteiger partial charge is 0.313 e. The van der Waals surface area contributed by atoms with Crippen LogP contribution in [0.15, 0.2) is 5.03 Å². The van der Waals surface area contributed by atoms with E-state index in [4.69, 9.17) is 0 Å². The summed E-state index contributed by atoms with van der Waals surface area (Å²) in [5.41, 5.74) is 1.51. The molecule has 1 rings (SSSR count). The van der Waals surface area contributed by atoms with Crippen molar-refractivity contribution >= 4 is 10.0 Å². The van der Waals surface area contributed by atoms with Crippen LogP contribution < -0.4 is 5.32 Å². The van der Waals surface area contributed by atoms with Gasteiger partial charge in [-0.2, -0.15) is 9.40 Å². The van der Waals surface area contributed by atoms with E-state index >= 15 is 0 Å². The van der Waals surface area contributed by atoms with Crippen molar-refractivity contribution < 1.29 is 8.42 Å². The van der Waals surface area contributed by atoms with Gasteiger partial charge in [0.05, 0.1) is 0 Å². The highest BCUT2D eigenvalue weighted by Gasteiger charge is 2.27. The highest BCUT2D eigenvalue weighted by Crippen LogP contribution is 2.19. The lowest BCUT2D eigenvalue weighted by Crippen LogP contribution is -2.34. The first kappa shape index (κ1) is 18.1. The Morgan fingerprint density at radius 2 is 1.90 bits per heavy atom. The molecule has 0 aliphatic rings. The van der Waals surface area contributed by atoms with Gasteiger partial charge in [-0.3, -0.25) is 5.10 Å². The molecule has 0 aliphatic carbocycles. The van der Waals surface area contributed by atoms with Gasteiger partial charge in [0, 0.05) is 37.9 Å². The topological polar surface area (TPSA) is 81.3 Å². The van der Waals surface area contributed by atoms with Gasteiger partial charge in [-0.25, -0.2) is 8.42 Å².